The summed E-state index contributed by atoms with van der Waals surface area (Å²) < 4.78 is 0. The number of pyridine rings is 1. The Morgan fingerprint density at radius 2 is 2.04 bits per heavy atom. The molecule has 1 saturated carbocycles. The molecule has 2 heterocycles. The van der Waals surface area contributed by atoms with Crippen LogP contribution in [0, 0.1) is 12.8 Å². The van der Waals surface area contributed by atoms with Crippen LogP contribution in [0.5, 0.6) is 0 Å². The molecule has 27 heavy (non-hydrogen) atoms. The van der Waals surface area contributed by atoms with Crippen molar-refractivity contribution in [1.82, 2.24) is 9.97 Å². The second-order valence-electron chi connectivity index (χ2n) is 7.42. The first-order valence-electron chi connectivity index (χ1n) is 9.82. The maximum atomic E-state index is 12.5. The number of fused-ring (bicyclic) bond motifs is 1. The average molecular weight is 380 g/mol. The number of aromatic nitrogens is 2. The Bertz CT molecular complexity index is 911. The first-order chi connectivity index (χ1) is 13.2. The van der Waals surface area contributed by atoms with Crippen molar-refractivity contribution in [2.75, 3.05) is 5.32 Å². The van der Waals surface area contributed by atoms with E-state index in [9.17, 15) is 4.79 Å². The number of nitrogens with zero attached hydrogens (tertiary/aromatic N) is 2. The highest BCUT2D eigenvalue weighted by Crippen LogP contribution is 2.34. The number of benzene rings is 1. The number of carbonyl (C=O) groups is 1. The summed E-state index contributed by atoms with van der Waals surface area (Å²) in [7, 11) is 0. The fourth-order valence-corrected chi connectivity index (χ4v) is 4.90. The molecule has 0 unspecified atom stereocenters. The Hall–Kier alpha value is -2.27. The molecule has 0 bridgehead atoms. The maximum Gasteiger partial charge on any atom is 0.224 e. The number of amides is 1. The molecule has 2 aromatic heterocycles. The highest BCUT2D eigenvalue weighted by atomic mass is 32.1. The maximum absolute atomic E-state index is 12.5. The fraction of sp³-hybridized carbons (Fsp3) is 0.409. The summed E-state index contributed by atoms with van der Waals surface area (Å²) in [5.41, 5.74) is 3.91. The predicted octanol–water partition coefficient (Wildman–Crippen LogP) is 5.97. The lowest BCUT2D eigenvalue weighted by Crippen LogP contribution is -2.15. The molecule has 4 nitrogen and oxygen atoms in total. The van der Waals surface area contributed by atoms with Crippen LogP contribution in [0.4, 0.5) is 5.69 Å². The van der Waals surface area contributed by atoms with Gasteiger partial charge in [-0.2, -0.15) is 0 Å². The van der Waals surface area contributed by atoms with Gasteiger partial charge in [-0.15, -0.1) is 0 Å². The van der Waals surface area contributed by atoms with E-state index in [1.807, 2.05) is 31.2 Å². The van der Waals surface area contributed by atoms with E-state index in [-0.39, 0.29) is 5.91 Å². The molecule has 1 N–H and O–H groups in total. The van der Waals surface area contributed by atoms with Crippen molar-refractivity contribution in [3.63, 3.8) is 0 Å². The number of rotatable bonds is 5. The molecule has 3 aromatic rings. The second kappa shape index (κ2) is 8.17. The topological polar surface area (TPSA) is 54.9 Å². The standard InChI is InChI=1S/C22H25N3OS/c1-15-17(21-25-19-11-6-14-23-22(19)27-21)9-5-10-18(15)24-20(26)13-12-16-7-3-2-4-8-16/h5-6,9-11,14,16H,2-4,7-8,12-13H2,1H3,(H,24,26). The molecular weight excluding hydrogens is 354 g/mol. The molecule has 1 aliphatic carbocycles. The lowest BCUT2D eigenvalue weighted by molar-refractivity contribution is -0.116. The van der Waals surface area contributed by atoms with Crippen molar-refractivity contribution in [3.05, 3.63) is 42.1 Å². The van der Waals surface area contributed by atoms with E-state index in [1.54, 1.807) is 17.5 Å². The molecule has 0 saturated heterocycles. The largest absolute Gasteiger partial charge is 0.326 e. The molecule has 5 heteroatoms. The van der Waals surface area contributed by atoms with Gasteiger partial charge in [-0.1, -0.05) is 55.6 Å². The van der Waals surface area contributed by atoms with Crippen LogP contribution in [0.15, 0.2) is 36.5 Å². The summed E-state index contributed by atoms with van der Waals surface area (Å²) in [6.45, 7) is 2.05. The Morgan fingerprint density at radius 1 is 1.19 bits per heavy atom. The number of anilines is 1. The fourth-order valence-electron chi connectivity index (χ4n) is 3.91. The van der Waals surface area contributed by atoms with Crippen LogP contribution in [0.3, 0.4) is 0 Å². The van der Waals surface area contributed by atoms with E-state index in [0.29, 0.717) is 6.42 Å². The summed E-state index contributed by atoms with van der Waals surface area (Å²) in [5.74, 6) is 0.846. The van der Waals surface area contributed by atoms with E-state index < -0.39 is 0 Å². The van der Waals surface area contributed by atoms with Crippen molar-refractivity contribution in [3.8, 4) is 10.6 Å². The number of thiazole rings is 1. The van der Waals surface area contributed by atoms with Gasteiger partial charge in [0.05, 0.1) is 0 Å². The van der Waals surface area contributed by atoms with Crippen molar-refractivity contribution >= 4 is 33.3 Å². The molecule has 1 amide bonds. The van der Waals surface area contributed by atoms with Gasteiger partial charge in [0.2, 0.25) is 5.91 Å². The van der Waals surface area contributed by atoms with E-state index in [2.05, 4.69) is 16.4 Å². The first kappa shape index (κ1) is 18.1. The van der Waals surface area contributed by atoms with E-state index in [1.165, 1.54) is 32.1 Å². The van der Waals surface area contributed by atoms with Crippen LogP contribution in [-0.2, 0) is 4.79 Å². The number of carbonyl (C=O) groups excluding carboxylic acids is 1. The average Bonchev–Trinajstić information content (AvgIpc) is 3.13. The van der Waals surface area contributed by atoms with Gasteiger partial charge in [-0.3, -0.25) is 4.79 Å². The van der Waals surface area contributed by atoms with Gasteiger partial charge < -0.3 is 5.32 Å². The Balaban J connectivity index is 1.47. The van der Waals surface area contributed by atoms with Crippen molar-refractivity contribution in [1.29, 1.82) is 0 Å². The molecule has 0 aliphatic heterocycles. The highest BCUT2D eigenvalue weighted by molar-refractivity contribution is 7.21. The molecule has 0 radical (unpaired) electrons. The molecule has 1 aromatic carbocycles. The minimum atomic E-state index is 0.117. The van der Waals surface area contributed by atoms with Gasteiger partial charge in [0.15, 0.2) is 0 Å². The lowest BCUT2D eigenvalue weighted by Gasteiger charge is -2.21. The van der Waals surface area contributed by atoms with Crippen LogP contribution in [0.25, 0.3) is 20.9 Å². The van der Waals surface area contributed by atoms with Gasteiger partial charge in [-0.25, -0.2) is 9.97 Å². The van der Waals surface area contributed by atoms with Crippen molar-refractivity contribution < 1.29 is 4.79 Å². The third-order valence-electron chi connectivity index (χ3n) is 5.51. The Labute approximate surface area is 164 Å². The molecule has 1 aliphatic rings. The summed E-state index contributed by atoms with van der Waals surface area (Å²) >= 11 is 1.59. The highest BCUT2D eigenvalue weighted by Gasteiger charge is 2.16. The van der Waals surface area contributed by atoms with Crippen LogP contribution in [0.1, 0.15) is 50.5 Å². The van der Waals surface area contributed by atoms with E-state index in [4.69, 9.17) is 4.98 Å². The zero-order valence-electron chi connectivity index (χ0n) is 15.7. The third-order valence-corrected chi connectivity index (χ3v) is 6.52. The summed E-state index contributed by atoms with van der Waals surface area (Å²) in [4.78, 5) is 22.5. The number of nitrogens with one attached hydrogen (secondary N) is 1. The van der Waals surface area contributed by atoms with Gasteiger partial charge >= 0.3 is 0 Å². The quantitative estimate of drug-likeness (QED) is 0.594. The van der Waals surface area contributed by atoms with Crippen LogP contribution in [-0.4, -0.2) is 15.9 Å². The number of hydrogen-bond acceptors (Lipinski definition) is 4. The predicted molar refractivity (Wildman–Crippen MR) is 112 cm³/mol. The summed E-state index contributed by atoms with van der Waals surface area (Å²) in [6.07, 6.45) is 9.99. The van der Waals surface area contributed by atoms with E-state index >= 15 is 0 Å². The smallest absolute Gasteiger partial charge is 0.224 e. The van der Waals surface area contributed by atoms with Crippen LogP contribution < -0.4 is 5.32 Å². The van der Waals surface area contributed by atoms with Crippen molar-refractivity contribution in [2.45, 2.75) is 51.9 Å². The summed E-state index contributed by atoms with van der Waals surface area (Å²) in [5, 5.41) is 4.06. The van der Waals surface area contributed by atoms with Gasteiger partial charge in [0.25, 0.3) is 0 Å². The van der Waals surface area contributed by atoms with Gasteiger partial charge in [0, 0.05) is 23.9 Å². The Morgan fingerprint density at radius 3 is 2.85 bits per heavy atom. The third kappa shape index (κ3) is 4.19. The SMILES string of the molecule is Cc1c(NC(=O)CCC2CCCCC2)cccc1-c1nc2cccnc2s1. The van der Waals surface area contributed by atoms with Crippen LogP contribution in [0.2, 0.25) is 0 Å². The van der Waals surface area contributed by atoms with Gasteiger partial charge in [0.1, 0.15) is 15.4 Å². The van der Waals surface area contributed by atoms with E-state index in [0.717, 1.165) is 44.5 Å². The van der Waals surface area contributed by atoms with Crippen LogP contribution >= 0.6 is 11.3 Å². The van der Waals surface area contributed by atoms with Gasteiger partial charge in [-0.05, 0) is 43.0 Å². The second-order valence-corrected chi connectivity index (χ2v) is 8.39. The monoisotopic (exact) mass is 379 g/mol. The lowest BCUT2D eigenvalue weighted by atomic mass is 9.86. The summed E-state index contributed by atoms with van der Waals surface area (Å²) in [6, 6.07) is 9.91. The van der Waals surface area contributed by atoms with Crippen molar-refractivity contribution in [2.24, 2.45) is 5.92 Å². The zero-order chi connectivity index (χ0) is 18.6. The molecule has 4 rings (SSSR count). The minimum absolute atomic E-state index is 0.117. The minimum Gasteiger partial charge on any atom is -0.326 e. The zero-order valence-corrected chi connectivity index (χ0v) is 16.5. The Kier molecular flexibility index (Phi) is 5.48. The number of hydrogen-bond donors (Lipinski definition) is 1. The first-order valence-corrected chi connectivity index (χ1v) is 10.6. The molecular formula is C22H25N3OS. The normalized spacial score (nSPS) is 15.1. The molecule has 1 fully saturated rings. The molecule has 140 valence electrons. The molecule has 0 atom stereocenters. The molecule has 0 spiro atoms.